The Morgan fingerprint density at radius 1 is 1.17 bits per heavy atom. The van der Waals surface area contributed by atoms with Crippen molar-refractivity contribution in [3.63, 3.8) is 0 Å². The van der Waals surface area contributed by atoms with E-state index in [1.807, 2.05) is 31.2 Å². The van der Waals surface area contributed by atoms with Gasteiger partial charge in [-0.25, -0.2) is 0 Å². The molecule has 0 saturated carbocycles. The number of hydrogen-bond acceptors (Lipinski definition) is 4. The zero-order valence-electron chi connectivity index (χ0n) is 14.9. The Morgan fingerprint density at radius 3 is 2.46 bits per heavy atom. The van der Waals surface area contributed by atoms with Crippen molar-refractivity contribution >= 4 is 23.2 Å². The van der Waals surface area contributed by atoms with Crippen LogP contribution in [-0.4, -0.2) is 66.4 Å². The molecule has 0 radical (unpaired) electrons. The number of benzene rings is 1. The maximum atomic E-state index is 13.3. The largest absolute Gasteiger partial charge is 0.322 e. The molecule has 2 heterocycles. The molecule has 2 amide bonds. The molecule has 24 heavy (non-hydrogen) atoms. The van der Waals surface area contributed by atoms with Gasteiger partial charge in [-0.1, -0.05) is 12.1 Å². The second-order valence-electron chi connectivity index (χ2n) is 7.22. The normalized spacial score (nSPS) is 22.7. The van der Waals surface area contributed by atoms with Crippen molar-refractivity contribution < 1.29 is 9.59 Å². The molecule has 3 rings (SSSR count). The summed E-state index contributed by atoms with van der Waals surface area (Å²) in [5.74, 6) is -0.174. The minimum absolute atomic E-state index is 0.0214. The molecule has 6 nitrogen and oxygen atoms in total. The van der Waals surface area contributed by atoms with Crippen molar-refractivity contribution in [1.82, 2.24) is 9.80 Å². The van der Waals surface area contributed by atoms with Crippen LogP contribution < -0.4 is 10.2 Å². The Hall–Kier alpha value is -1.92. The predicted octanol–water partition coefficient (Wildman–Crippen LogP) is 1.39. The number of piperazine rings is 1. The van der Waals surface area contributed by atoms with Gasteiger partial charge in [-0.3, -0.25) is 19.4 Å². The highest BCUT2D eigenvalue weighted by Gasteiger charge is 2.45. The minimum Gasteiger partial charge on any atom is -0.322 e. The number of nitrogens with one attached hydrogen (secondary N) is 1. The molecule has 0 bridgehead atoms. The number of para-hydroxylation sites is 2. The number of rotatable bonds is 2. The molecule has 1 N–H and O–H groups in total. The summed E-state index contributed by atoms with van der Waals surface area (Å²) in [7, 11) is 2.10. The van der Waals surface area contributed by atoms with E-state index in [0.29, 0.717) is 5.69 Å². The molecule has 1 aromatic carbocycles. The van der Waals surface area contributed by atoms with E-state index in [4.69, 9.17) is 0 Å². The summed E-state index contributed by atoms with van der Waals surface area (Å²) in [5, 5.41) is 2.91. The SMILES string of the molecule is C[C@H](C(=O)N1c2ccccc2NC(=O)C1(C)C)N1CCN(C)CC1. The van der Waals surface area contributed by atoms with Gasteiger partial charge in [-0.15, -0.1) is 0 Å². The van der Waals surface area contributed by atoms with E-state index in [0.717, 1.165) is 31.9 Å². The molecular weight excluding hydrogens is 304 g/mol. The fourth-order valence-corrected chi connectivity index (χ4v) is 3.40. The van der Waals surface area contributed by atoms with Gasteiger partial charge in [0.05, 0.1) is 17.4 Å². The van der Waals surface area contributed by atoms with E-state index in [9.17, 15) is 9.59 Å². The van der Waals surface area contributed by atoms with Crippen molar-refractivity contribution in [3.05, 3.63) is 24.3 Å². The average Bonchev–Trinajstić information content (AvgIpc) is 2.55. The molecule has 1 fully saturated rings. The van der Waals surface area contributed by atoms with Crippen LogP contribution in [0.3, 0.4) is 0 Å². The number of nitrogens with zero attached hydrogens (tertiary/aromatic N) is 3. The van der Waals surface area contributed by atoms with Crippen LogP contribution in [0, 0.1) is 0 Å². The van der Waals surface area contributed by atoms with E-state index >= 15 is 0 Å². The first-order valence-electron chi connectivity index (χ1n) is 8.49. The van der Waals surface area contributed by atoms with Gasteiger partial charge in [0.2, 0.25) is 11.8 Å². The third-order valence-corrected chi connectivity index (χ3v) is 5.17. The minimum atomic E-state index is -0.910. The van der Waals surface area contributed by atoms with E-state index in [1.165, 1.54) is 0 Å². The first-order chi connectivity index (χ1) is 11.3. The van der Waals surface area contributed by atoms with Gasteiger partial charge in [-0.2, -0.15) is 0 Å². The first-order valence-corrected chi connectivity index (χ1v) is 8.49. The van der Waals surface area contributed by atoms with Gasteiger partial charge < -0.3 is 10.2 Å². The molecule has 1 saturated heterocycles. The lowest BCUT2D eigenvalue weighted by Gasteiger charge is -2.45. The van der Waals surface area contributed by atoms with Gasteiger partial charge in [-0.05, 0) is 40.0 Å². The van der Waals surface area contributed by atoms with Crippen LogP contribution in [0.15, 0.2) is 24.3 Å². The Morgan fingerprint density at radius 2 is 1.79 bits per heavy atom. The summed E-state index contributed by atoms with van der Waals surface area (Å²) < 4.78 is 0. The van der Waals surface area contributed by atoms with Crippen LogP contribution in [0.2, 0.25) is 0 Å². The van der Waals surface area contributed by atoms with Crippen LogP contribution in [0.5, 0.6) is 0 Å². The smallest absolute Gasteiger partial charge is 0.250 e. The molecule has 0 aliphatic carbocycles. The number of carbonyl (C=O) groups is 2. The van der Waals surface area contributed by atoms with Gasteiger partial charge in [0.1, 0.15) is 5.54 Å². The van der Waals surface area contributed by atoms with Crippen LogP contribution in [0.25, 0.3) is 0 Å². The highest BCUT2D eigenvalue weighted by molar-refractivity contribution is 6.15. The van der Waals surface area contributed by atoms with E-state index in [1.54, 1.807) is 18.7 Å². The molecule has 0 unspecified atom stereocenters. The molecule has 1 aromatic rings. The lowest BCUT2D eigenvalue weighted by atomic mass is 9.95. The van der Waals surface area contributed by atoms with Crippen LogP contribution in [0.4, 0.5) is 11.4 Å². The lowest BCUT2D eigenvalue weighted by molar-refractivity contribution is -0.129. The van der Waals surface area contributed by atoms with Crippen molar-refractivity contribution in [2.75, 3.05) is 43.4 Å². The fraction of sp³-hybridized carbons (Fsp3) is 0.556. The highest BCUT2D eigenvalue weighted by atomic mass is 16.2. The Labute approximate surface area is 143 Å². The maximum Gasteiger partial charge on any atom is 0.250 e. The summed E-state index contributed by atoms with van der Waals surface area (Å²) in [6, 6.07) is 7.24. The predicted molar refractivity (Wildman–Crippen MR) is 95.2 cm³/mol. The summed E-state index contributed by atoms with van der Waals surface area (Å²) in [4.78, 5) is 31.9. The van der Waals surface area contributed by atoms with Crippen LogP contribution >= 0.6 is 0 Å². The summed E-state index contributed by atoms with van der Waals surface area (Å²) in [6.45, 7) is 9.19. The molecule has 0 spiro atoms. The van der Waals surface area contributed by atoms with Gasteiger partial charge in [0, 0.05) is 26.2 Å². The van der Waals surface area contributed by atoms with Crippen molar-refractivity contribution in [2.24, 2.45) is 0 Å². The average molecular weight is 330 g/mol. The standard InChI is InChI=1S/C18H26N4O2/c1-13(21-11-9-20(4)10-12-21)16(23)22-15-8-6-5-7-14(15)19-17(24)18(22,2)3/h5-8,13H,9-12H2,1-4H3,(H,19,24)/t13-/m1/s1. The summed E-state index contributed by atoms with van der Waals surface area (Å²) in [5.41, 5.74) is 0.556. The second-order valence-corrected chi connectivity index (χ2v) is 7.22. The fourth-order valence-electron chi connectivity index (χ4n) is 3.40. The Kier molecular flexibility index (Phi) is 4.36. The van der Waals surface area contributed by atoms with Gasteiger partial charge in [0.15, 0.2) is 0 Å². The third kappa shape index (κ3) is 2.80. The van der Waals surface area contributed by atoms with Crippen molar-refractivity contribution in [3.8, 4) is 0 Å². The second kappa shape index (κ2) is 6.18. The summed E-state index contributed by atoms with van der Waals surface area (Å²) >= 11 is 0. The van der Waals surface area contributed by atoms with Crippen LogP contribution in [-0.2, 0) is 9.59 Å². The molecule has 1 atom stereocenters. The zero-order valence-corrected chi connectivity index (χ0v) is 14.9. The van der Waals surface area contributed by atoms with E-state index < -0.39 is 5.54 Å². The number of amides is 2. The Bertz CT molecular complexity index is 650. The summed E-state index contributed by atoms with van der Waals surface area (Å²) in [6.07, 6.45) is 0. The third-order valence-electron chi connectivity index (χ3n) is 5.17. The first kappa shape index (κ1) is 16.9. The molecule has 0 aromatic heterocycles. The molecular formula is C18H26N4O2. The van der Waals surface area contributed by atoms with Gasteiger partial charge in [0.25, 0.3) is 0 Å². The molecule has 6 heteroatoms. The molecule has 2 aliphatic rings. The van der Waals surface area contributed by atoms with Crippen LogP contribution in [0.1, 0.15) is 20.8 Å². The molecule has 130 valence electrons. The highest BCUT2D eigenvalue weighted by Crippen LogP contribution is 2.37. The van der Waals surface area contributed by atoms with E-state index in [2.05, 4.69) is 22.2 Å². The quantitative estimate of drug-likeness (QED) is 0.890. The molecule has 2 aliphatic heterocycles. The monoisotopic (exact) mass is 330 g/mol. The van der Waals surface area contributed by atoms with Crippen molar-refractivity contribution in [2.45, 2.75) is 32.4 Å². The number of fused-ring (bicyclic) bond motifs is 1. The number of anilines is 2. The zero-order chi connectivity index (χ0) is 17.5. The van der Waals surface area contributed by atoms with Crippen molar-refractivity contribution in [1.29, 1.82) is 0 Å². The lowest BCUT2D eigenvalue weighted by Crippen LogP contribution is -2.63. The van der Waals surface area contributed by atoms with Gasteiger partial charge >= 0.3 is 0 Å². The topological polar surface area (TPSA) is 55.9 Å². The number of hydrogen-bond donors (Lipinski definition) is 1. The maximum absolute atomic E-state index is 13.3. The Balaban J connectivity index is 1.91. The number of carbonyl (C=O) groups excluding carboxylic acids is 2. The van der Waals surface area contributed by atoms with E-state index in [-0.39, 0.29) is 17.9 Å². The number of likely N-dealkylation sites (N-methyl/N-ethyl adjacent to an activating group) is 1.